The molecule has 0 aliphatic carbocycles. The summed E-state index contributed by atoms with van der Waals surface area (Å²) in [6.07, 6.45) is 1.79. The molecular weight excluding hydrogens is 396 g/mol. The Bertz CT molecular complexity index is 949. The monoisotopic (exact) mass is 424 g/mol. The number of anilines is 1. The van der Waals surface area contributed by atoms with E-state index in [4.69, 9.17) is 4.74 Å². The summed E-state index contributed by atoms with van der Waals surface area (Å²) >= 11 is 1.74. The molecule has 0 atom stereocenters. The number of hydrogen-bond donors (Lipinski definition) is 1. The maximum Gasteiger partial charge on any atom is 0.317 e. The maximum absolute atomic E-state index is 12.5. The Labute approximate surface area is 181 Å². The van der Waals surface area contributed by atoms with Crippen molar-refractivity contribution in [2.45, 2.75) is 19.8 Å². The number of carbonyl (C=O) groups excluding carboxylic acids is 1. The fourth-order valence-corrected chi connectivity index (χ4v) is 4.73. The second kappa shape index (κ2) is 9.80. The van der Waals surface area contributed by atoms with Crippen LogP contribution in [0, 0.1) is 0 Å². The Morgan fingerprint density at radius 2 is 1.87 bits per heavy atom. The van der Waals surface area contributed by atoms with E-state index in [0.29, 0.717) is 26.2 Å². The highest BCUT2D eigenvalue weighted by Gasteiger charge is 2.22. The molecule has 7 heteroatoms. The van der Waals surface area contributed by atoms with Crippen LogP contribution in [-0.4, -0.2) is 55.2 Å². The molecule has 1 aliphatic heterocycles. The molecule has 2 amide bonds. The highest BCUT2D eigenvalue weighted by Crippen LogP contribution is 2.28. The fraction of sp³-hybridized carbons (Fsp3) is 0.391. The number of benzene rings is 2. The van der Waals surface area contributed by atoms with Gasteiger partial charge in [-0.25, -0.2) is 9.78 Å². The molecule has 6 nitrogen and oxygen atoms in total. The lowest BCUT2D eigenvalue weighted by molar-refractivity contribution is 0.194. The van der Waals surface area contributed by atoms with Crippen LogP contribution < -0.4 is 15.0 Å². The maximum atomic E-state index is 12.5. The zero-order chi connectivity index (χ0) is 20.8. The lowest BCUT2D eigenvalue weighted by Gasteiger charge is -2.36. The van der Waals surface area contributed by atoms with Crippen molar-refractivity contribution in [3.63, 3.8) is 0 Å². The molecule has 0 radical (unpaired) electrons. The Morgan fingerprint density at radius 1 is 1.10 bits per heavy atom. The first-order valence-corrected chi connectivity index (χ1v) is 11.4. The third-order valence-corrected chi connectivity index (χ3v) is 6.35. The molecule has 1 aliphatic rings. The van der Waals surface area contributed by atoms with Gasteiger partial charge in [-0.05, 0) is 37.6 Å². The second-order valence-electron chi connectivity index (χ2n) is 7.29. The number of thiazole rings is 1. The number of para-hydroxylation sites is 3. The number of ether oxygens (including phenoxy) is 1. The molecule has 0 unspecified atom stereocenters. The van der Waals surface area contributed by atoms with Crippen molar-refractivity contribution in [3.05, 3.63) is 53.5 Å². The van der Waals surface area contributed by atoms with E-state index in [2.05, 4.69) is 27.3 Å². The summed E-state index contributed by atoms with van der Waals surface area (Å²) in [6, 6.07) is 16.3. The summed E-state index contributed by atoms with van der Waals surface area (Å²) in [6.45, 7) is 6.36. The number of aryl methyl sites for hydroxylation is 1. The zero-order valence-corrected chi connectivity index (χ0v) is 18.2. The number of urea groups is 1. The summed E-state index contributed by atoms with van der Waals surface area (Å²) in [5.74, 6) is 0.910. The van der Waals surface area contributed by atoms with E-state index in [-0.39, 0.29) is 6.03 Å². The van der Waals surface area contributed by atoms with Gasteiger partial charge in [0.1, 0.15) is 5.75 Å². The first-order chi connectivity index (χ1) is 14.7. The van der Waals surface area contributed by atoms with E-state index < -0.39 is 0 Å². The van der Waals surface area contributed by atoms with Gasteiger partial charge in [0.2, 0.25) is 0 Å². The Hall–Kier alpha value is -2.80. The van der Waals surface area contributed by atoms with Crippen molar-refractivity contribution in [1.82, 2.24) is 15.2 Å². The van der Waals surface area contributed by atoms with Gasteiger partial charge in [-0.15, -0.1) is 11.3 Å². The van der Waals surface area contributed by atoms with Crippen molar-refractivity contribution >= 4 is 33.3 Å². The fourth-order valence-electron chi connectivity index (χ4n) is 3.72. The van der Waals surface area contributed by atoms with E-state index in [0.717, 1.165) is 47.9 Å². The molecule has 1 saturated heterocycles. The summed E-state index contributed by atoms with van der Waals surface area (Å²) in [5, 5.41) is 4.19. The average molecular weight is 425 g/mol. The lowest BCUT2D eigenvalue weighted by Crippen LogP contribution is -2.52. The van der Waals surface area contributed by atoms with Crippen LogP contribution in [0.1, 0.15) is 18.4 Å². The lowest BCUT2D eigenvalue weighted by atomic mass is 10.2. The van der Waals surface area contributed by atoms with Crippen LogP contribution in [0.3, 0.4) is 0 Å². The van der Waals surface area contributed by atoms with Crippen molar-refractivity contribution in [2.24, 2.45) is 0 Å². The van der Waals surface area contributed by atoms with Crippen molar-refractivity contribution in [2.75, 3.05) is 44.2 Å². The standard InChI is InChI=1S/C23H28N4O2S/c1-2-29-20-10-5-4-9-19(20)26-14-16-27(17-15-26)23(28)24-13-7-12-22-25-18-8-3-6-11-21(18)30-22/h3-6,8-11H,2,7,12-17H2,1H3,(H,24,28). The molecule has 0 bridgehead atoms. The molecule has 2 aromatic carbocycles. The van der Waals surface area contributed by atoms with E-state index in [1.807, 2.05) is 48.2 Å². The van der Waals surface area contributed by atoms with Crippen molar-refractivity contribution < 1.29 is 9.53 Å². The minimum absolute atomic E-state index is 0.0250. The number of amides is 2. The van der Waals surface area contributed by atoms with Gasteiger partial charge in [0.05, 0.1) is 27.5 Å². The van der Waals surface area contributed by atoms with Gasteiger partial charge in [-0.1, -0.05) is 24.3 Å². The van der Waals surface area contributed by atoms with E-state index in [1.54, 1.807) is 11.3 Å². The number of fused-ring (bicyclic) bond motifs is 1. The van der Waals surface area contributed by atoms with Crippen molar-refractivity contribution in [1.29, 1.82) is 0 Å². The first kappa shape index (κ1) is 20.5. The van der Waals surface area contributed by atoms with Gasteiger partial charge in [-0.3, -0.25) is 0 Å². The van der Waals surface area contributed by atoms with Gasteiger partial charge in [-0.2, -0.15) is 0 Å². The molecule has 1 fully saturated rings. The molecule has 30 heavy (non-hydrogen) atoms. The van der Waals surface area contributed by atoms with Gasteiger partial charge in [0, 0.05) is 39.1 Å². The summed E-state index contributed by atoms with van der Waals surface area (Å²) in [7, 11) is 0. The number of aromatic nitrogens is 1. The van der Waals surface area contributed by atoms with Gasteiger partial charge < -0.3 is 19.9 Å². The molecule has 1 aromatic heterocycles. The Morgan fingerprint density at radius 3 is 2.67 bits per heavy atom. The smallest absolute Gasteiger partial charge is 0.317 e. The molecule has 1 N–H and O–H groups in total. The SMILES string of the molecule is CCOc1ccccc1N1CCN(C(=O)NCCCc2nc3ccccc3s2)CC1. The molecule has 3 aromatic rings. The van der Waals surface area contributed by atoms with E-state index >= 15 is 0 Å². The molecular formula is C23H28N4O2S. The minimum atomic E-state index is 0.0250. The van der Waals surface area contributed by atoms with Crippen molar-refractivity contribution in [3.8, 4) is 5.75 Å². The number of carbonyl (C=O) groups is 1. The second-order valence-corrected chi connectivity index (χ2v) is 8.40. The quantitative estimate of drug-likeness (QED) is 0.579. The Kier molecular flexibility index (Phi) is 6.69. The molecule has 4 rings (SSSR count). The number of piperazine rings is 1. The largest absolute Gasteiger partial charge is 0.492 e. The first-order valence-electron chi connectivity index (χ1n) is 10.6. The zero-order valence-electron chi connectivity index (χ0n) is 17.3. The van der Waals surface area contributed by atoms with Crippen LogP contribution in [0.4, 0.5) is 10.5 Å². The van der Waals surface area contributed by atoms with Crippen LogP contribution in [0.5, 0.6) is 5.75 Å². The number of nitrogens with zero attached hydrogens (tertiary/aromatic N) is 3. The van der Waals surface area contributed by atoms with Gasteiger partial charge >= 0.3 is 6.03 Å². The van der Waals surface area contributed by atoms with E-state index in [9.17, 15) is 4.79 Å². The summed E-state index contributed by atoms with van der Waals surface area (Å²) in [4.78, 5) is 21.4. The predicted octanol–water partition coefficient (Wildman–Crippen LogP) is 4.16. The summed E-state index contributed by atoms with van der Waals surface area (Å²) in [5.41, 5.74) is 2.17. The predicted molar refractivity (Wildman–Crippen MR) is 123 cm³/mol. The van der Waals surface area contributed by atoms with Crippen LogP contribution in [-0.2, 0) is 6.42 Å². The third kappa shape index (κ3) is 4.84. The normalized spacial score (nSPS) is 14.2. The van der Waals surface area contributed by atoms with Crippen LogP contribution in [0.2, 0.25) is 0 Å². The number of hydrogen-bond acceptors (Lipinski definition) is 5. The topological polar surface area (TPSA) is 57.7 Å². The highest BCUT2D eigenvalue weighted by molar-refractivity contribution is 7.18. The third-order valence-electron chi connectivity index (χ3n) is 5.25. The number of rotatable bonds is 7. The number of nitrogens with one attached hydrogen (secondary N) is 1. The van der Waals surface area contributed by atoms with Crippen LogP contribution in [0.25, 0.3) is 10.2 Å². The van der Waals surface area contributed by atoms with Crippen LogP contribution >= 0.6 is 11.3 Å². The van der Waals surface area contributed by atoms with Gasteiger partial charge in [0.15, 0.2) is 0 Å². The minimum Gasteiger partial charge on any atom is -0.492 e. The molecule has 158 valence electrons. The summed E-state index contributed by atoms with van der Waals surface area (Å²) < 4.78 is 6.97. The Balaban J connectivity index is 1.21. The highest BCUT2D eigenvalue weighted by atomic mass is 32.1. The molecule has 0 spiro atoms. The molecule has 0 saturated carbocycles. The van der Waals surface area contributed by atoms with Gasteiger partial charge in [0.25, 0.3) is 0 Å². The average Bonchev–Trinajstić information content (AvgIpc) is 3.20. The van der Waals surface area contributed by atoms with Crippen LogP contribution in [0.15, 0.2) is 48.5 Å². The molecule has 2 heterocycles. The van der Waals surface area contributed by atoms with E-state index in [1.165, 1.54) is 4.70 Å².